The first-order chi connectivity index (χ1) is 7.49. The number of carbonyl (C=O) groups excluding carboxylic acids is 1. The average molecular weight is 230 g/mol. The van der Waals surface area contributed by atoms with Crippen LogP contribution in [0.4, 0.5) is 0 Å². The van der Waals surface area contributed by atoms with Gasteiger partial charge >= 0.3 is 11.9 Å². The molecule has 0 saturated heterocycles. The fourth-order valence-electron chi connectivity index (χ4n) is 0.586. The number of esters is 1. The van der Waals surface area contributed by atoms with E-state index in [2.05, 4.69) is 24.8 Å². The molecule has 0 aliphatic heterocycles. The molecule has 0 fully saturated rings. The third-order valence-electron chi connectivity index (χ3n) is 1.37. The Bertz CT molecular complexity index is 383. The molecule has 0 aliphatic rings. The van der Waals surface area contributed by atoms with Crippen LogP contribution >= 0.6 is 0 Å². The van der Waals surface area contributed by atoms with E-state index in [1.165, 1.54) is 0 Å². The fraction of sp³-hybridized carbons (Fsp3) is 0.600. The largest absolute Gasteiger partial charge is 0.479 e. The van der Waals surface area contributed by atoms with Crippen LogP contribution in [0.3, 0.4) is 0 Å². The smallest absolute Gasteiger partial charge is 0.350 e. The summed E-state index contributed by atoms with van der Waals surface area (Å²) in [7, 11) is 0. The Hall–Kier alpha value is -2.48. The number of rotatable bonds is 6. The zero-order valence-corrected chi connectivity index (χ0v) is 7.72. The van der Waals surface area contributed by atoms with Gasteiger partial charge in [-0.1, -0.05) is 10.2 Å². The summed E-state index contributed by atoms with van der Waals surface area (Å²) in [5, 5.41) is 23.4. The predicted octanol–water partition coefficient (Wildman–Crippen LogP) is -0.0766. The number of aliphatic carboxylic acids is 1. The highest BCUT2D eigenvalue weighted by Gasteiger charge is 2.45. The van der Waals surface area contributed by atoms with Gasteiger partial charge in [-0.2, -0.15) is 0 Å². The van der Waals surface area contributed by atoms with Gasteiger partial charge in [0.2, 0.25) is 0 Å². The van der Waals surface area contributed by atoms with E-state index in [9.17, 15) is 14.7 Å². The molecule has 0 spiro atoms. The van der Waals surface area contributed by atoms with Gasteiger partial charge in [-0.25, -0.2) is 9.59 Å². The van der Waals surface area contributed by atoms with Crippen LogP contribution < -0.4 is 0 Å². The Kier molecular flexibility index (Phi) is 5.14. The SMILES string of the molecule is [N-]=[N+]=NCOC(=O)C(O)(CN=[N+]=[N-])C(=O)O. The summed E-state index contributed by atoms with van der Waals surface area (Å²) in [4.78, 5) is 26.1. The molecule has 0 radical (unpaired) electrons. The van der Waals surface area contributed by atoms with E-state index in [0.29, 0.717) is 0 Å². The van der Waals surface area contributed by atoms with Gasteiger partial charge in [0.15, 0.2) is 6.73 Å². The van der Waals surface area contributed by atoms with Crippen LogP contribution in [0.1, 0.15) is 0 Å². The van der Waals surface area contributed by atoms with E-state index in [-0.39, 0.29) is 0 Å². The zero-order chi connectivity index (χ0) is 12.6. The van der Waals surface area contributed by atoms with Crippen LogP contribution in [0.2, 0.25) is 0 Å². The summed E-state index contributed by atoms with van der Waals surface area (Å²) in [6, 6.07) is 0. The Morgan fingerprint density at radius 2 is 1.88 bits per heavy atom. The average Bonchev–Trinajstić information content (AvgIpc) is 2.25. The Balaban J connectivity index is 4.75. The molecule has 16 heavy (non-hydrogen) atoms. The van der Waals surface area contributed by atoms with Gasteiger partial charge in [-0.3, -0.25) is 0 Å². The maximum Gasteiger partial charge on any atom is 0.350 e. The van der Waals surface area contributed by atoms with Gasteiger partial charge in [-0.05, 0) is 11.1 Å². The molecule has 2 N–H and O–H groups in total. The predicted molar refractivity (Wildman–Crippen MR) is 46.7 cm³/mol. The Morgan fingerprint density at radius 3 is 2.31 bits per heavy atom. The van der Waals surface area contributed by atoms with Crippen LogP contribution in [0.5, 0.6) is 0 Å². The van der Waals surface area contributed by atoms with Crippen LogP contribution in [0.15, 0.2) is 10.2 Å². The summed E-state index contributed by atoms with van der Waals surface area (Å²) in [6.45, 7) is -1.81. The first-order valence-electron chi connectivity index (χ1n) is 3.63. The van der Waals surface area contributed by atoms with E-state index >= 15 is 0 Å². The van der Waals surface area contributed by atoms with Crippen molar-refractivity contribution in [3.05, 3.63) is 20.9 Å². The fourth-order valence-corrected chi connectivity index (χ4v) is 0.586. The lowest BCUT2D eigenvalue weighted by molar-refractivity contribution is -0.178. The third kappa shape index (κ3) is 3.35. The second-order valence-electron chi connectivity index (χ2n) is 2.35. The monoisotopic (exact) mass is 230 g/mol. The molecule has 0 amide bonds. The molecule has 0 saturated carbocycles. The second kappa shape index (κ2) is 6.09. The van der Waals surface area contributed by atoms with Gasteiger partial charge in [0.05, 0.1) is 6.54 Å². The number of azide groups is 2. The van der Waals surface area contributed by atoms with Gasteiger partial charge in [0, 0.05) is 9.82 Å². The van der Waals surface area contributed by atoms with Crippen molar-refractivity contribution in [1.82, 2.24) is 0 Å². The van der Waals surface area contributed by atoms with E-state index in [1.54, 1.807) is 0 Å². The number of nitrogens with zero attached hydrogens (tertiary/aromatic N) is 6. The summed E-state index contributed by atoms with van der Waals surface area (Å²) in [6.07, 6.45) is 0. The number of hydrogen-bond acceptors (Lipinski definition) is 6. The standard InChI is InChI=1S/C5H6N6O5/c6-10-8-1-5(15,3(12)13)4(14)16-2-9-11-7/h15H,1-2H2,(H,12,13). The molecule has 0 aromatic carbocycles. The first kappa shape index (κ1) is 13.5. The number of carboxylic acids is 1. The van der Waals surface area contributed by atoms with Crippen molar-refractivity contribution in [1.29, 1.82) is 0 Å². The minimum Gasteiger partial charge on any atom is -0.479 e. The zero-order valence-electron chi connectivity index (χ0n) is 7.72. The normalized spacial score (nSPS) is 12.6. The lowest BCUT2D eigenvalue weighted by Crippen LogP contribution is -2.50. The highest BCUT2D eigenvalue weighted by Crippen LogP contribution is 2.09. The molecule has 11 heteroatoms. The summed E-state index contributed by atoms with van der Waals surface area (Å²) >= 11 is 0. The number of carboxylic acid groups (broad SMARTS) is 1. The summed E-state index contributed by atoms with van der Waals surface area (Å²) < 4.78 is 4.13. The topological polar surface area (TPSA) is 181 Å². The van der Waals surface area contributed by atoms with Crippen molar-refractivity contribution < 1.29 is 24.5 Å². The van der Waals surface area contributed by atoms with Crippen LogP contribution in [-0.4, -0.2) is 41.0 Å². The maximum atomic E-state index is 11.1. The van der Waals surface area contributed by atoms with Crippen molar-refractivity contribution in [2.24, 2.45) is 10.2 Å². The van der Waals surface area contributed by atoms with E-state index in [1.807, 2.05) is 0 Å². The molecule has 0 rings (SSSR count). The van der Waals surface area contributed by atoms with Crippen molar-refractivity contribution in [2.45, 2.75) is 5.60 Å². The lowest BCUT2D eigenvalue weighted by Gasteiger charge is -2.18. The van der Waals surface area contributed by atoms with Crippen LogP contribution in [-0.2, 0) is 14.3 Å². The Labute approximate surface area is 87.5 Å². The van der Waals surface area contributed by atoms with E-state index < -0.39 is 30.8 Å². The minimum atomic E-state index is -2.99. The first-order valence-corrected chi connectivity index (χ1v) is 3.63. The molecule has 0 aliphatic carbocycles. The van der Waals surface area contributed by atoms with Gasteiger partial charge in [-0.15, -0.1) is 0 Å². The highest BCUT2D eigenvalue weighted by atomic mass is 16.6. The molecule has 11 nitrogen and oxygen atoms in total. The molecule has 0 aromatic rings. The second-order valence-corrected chi connectivity index (χ2v) is 2.35. The number of aliphatic hydroxyl groups is 1. The van der Waals surface area contributed by atoms with Gasteiger partial charge in [0.1, 0.15) is 0 Å². The van der Waals surface area contributed by atoms with E-state index in [0.717, 1.165) is 0 Å². The molecule has 0 bridgehead atoms. The van der Waals surface area contributed by atoms with Crippen LogP contribution in [0, 0.1) is 0 Å². The van der Waals surface area contributed by atoms with Crippen molar-refractivity contribution in [3.8, 4) is 0 Å². The number of hydrogen-bond donors (Lipinski definition) is 2. The molecule has 86 valence electrons. The van der Waals surface area contributed by atoms with Crippen molar-refractivity contribution in [3.63, 3.8) is 0 Å². The van der Waals surface area contributed by atoms with Crippen LogP contribution in [0.25, 0.3) is 20.9 Å². The number of ether oxygens (including phenoxy) is 1. The molecule has 0 heterocycles. The number of carbonyl (C=O) groups is 2. The minimum absolute atomic E-state index is 0.777. The molecular weight excluding hydrogens is 224 g/mol. The maximum absolute atomic E-state index is 11.1. The highest BCUT2D eigenvalue weighted by molar-refractivity contribution is 6.02. The van der Waals surface area contributed by atoms with E-state index in [4.69, 9.17) is 16.2 Å². The third-order valence-corrected chi connectivity index (χ3v) is 1.37. The molecule has 1 unspecified atom stereocenters. The molecule has 1 atom stereocenters. The van der Waals surface area contributed by atoms with Gasteiger partial charge in [0.25, 0.3) is 5.60 Å². The van der Waals surface area contributed by atoms with Gasteiger partial charge < -0.3 is 14.9 Å². The lowest BCUT2D eigenvalue weighted by atomic mass is 10.1. The summed E-state index contributed by atoms with van der Waals surface area (Å²) in [5.41, 5.74) is 12.8. The van der Waals surface area contributed by atoms with Crippen molar-refractivity contribution >= 4 is 11.9 Å². The quantitative estimate of drug-likeness (QED) is 0.212. The Morgan fingerprint density at radius 1 is 1.31 bits per heavy atom. The molecular formula is C5H6N6O5. The summed E-state index contributed by atoms with van der Waals surface area (Å²) in [5.74, 6) is -3.52. The van der Waals surface area contributed by atoms with Crippen molar-refractivity contribution in [2.75, 3.05) is 13.3 Å². The molecule has 0 aromatic heterocycles.